The minimum Gasteiger partial charge on any atom is -0.395 e. The van der Waals surface area contributed by atoms with Crippen LogP contribution in [-0.2, 0) is 4.79 Å². The van der Waals surface area contributed by atoms with Crippen molar-refractivity contribution >= 4 is 5.91 Å². The number of rotatable bonds is 5. The van der Waals surface area contributed by atoms with Gasteiger partial charge in [-0.1, -0.05) is 30.3 Å². The minimum absolute atomic E-state index is 0.128. The minimum atomic E-state index is 0.128. The van der Waals surface area contributed by atoms with E-state index in [0.717, 1.165) is 43.6 Å². The van der Waals surface area contributed by atoms with Crippen LogP contribution >= 0.6 is 0 Å². The van der Waals surface area contributed by atoms with Gasteiger partial charge in [0.05, 0.1) is 13.2 Å². The molecule has 0 unspecified atom stereocenters. The molecule has 0 bridgehead atoms. The number of aliphatic hydroxyl groups is 1. The lowest BCUT2D eigenvalue weighted by Gasteiger charge is -2.57. The number of pyridine rings is 1. The SMILES string of the molecule is CN(C)CC(=O)N1CCCCN2[C@H](CO)[C@H](c3ccc(-c4cccnc4)cc3)[C@H]2C1. The summed E-state index contributed by atoms with van der Waals surface area (Å²) in [6.45, 7) is 3.15. The van der Waals surface area contributed by atoms with Gasteiger partial charge < -0.3 is 14.9 Å². The summed E-state index contributed by atoms with van der Waals surface area (Å²) < 4.78 is 0. The Bertz CT molecular complexity index is 840. The van der Waals surface area contributed by atoms with Gasteiger partial charge in [-0.3, -0.25) is 14.7 Å². The van der Waals surface area contributed by atoms with E-state index in [2.05, 4.69) is 40.2 Å². The summed E-state index contributed by atoms with van der Waals surface area (Å²) in [7, 11) is 3.87. The van der Waals surface area contributed by atoms with E-state index < -0.39 is 0 Å². The van der Waals surface area contributed by atoms with Gasteiger partial charge in [0.2, 0.25) is 5.91 Å². The molecule has 2 fully saturated rings. The lowest BCUT2D eigenvalue weighted by atomic mass is 9.74. The van der Waals surface area contributed by atoms with Crippen molar-refractivity contribution in [2.24, 2.45) is 0 Å². The summed E-state index contributed by atoms with van der Waals surface area (Å²) in [6.07, 6.45) is 5.74. The highest BCUT2D eigenvalue weighted by Gasteiger charge is 2.49. The van der Waals surface area contributed by atoms with Crippen molar-refractivity contribution in [1.29, 1.82) is 0 Å². The second kappa shape index (κ2) is 9.25. The number of amides is 1. The molecule has 0 aliphatic carbocycles. The van der Waals surface area contributed by atoms with Crippen molar-refractivity contribution in [3.05, 3.63) is 54.4 Å². The smallest absolute Gasteiger partial charge is 0.236 e. The largest absolute Gasteiger partial charge is 0.395 e. The molecular weight excluding hydrogens is 376 g/mol. The zero-order chi connectivity index (χ0) is 21.1. The number of carbonyl (C=O) groups excluding carboxylic acids is 1. The molecule has 3 heterocycles. The van der Waals surface area contributed by atoms with Gasteiger partial charge in [0.1, 0.15) is 0 Å². The summed E-state index contributed by atoms with van der Waals surface area (Å²) in [4.78, 5) is 23.3. The molecule has 2 aromatic rings. The molecule has 1 aromatic carbocycles. The van der Waals surface area contributed by atoms with Crippen LogP contribution < -0.4 is 0 Å². The van der Waals surface area contributed by atoms with Crippen molar-refractivity contribution in [1.82, 2.24) is 19.7 Å². The van der Waals surface area contributed by atoms with Gasteiger partial charge in [0.15, 0.2) is 0 Å². The number of carbonyl (C=O) groups is 1. The molecule has 2 saturated heterocycles. The van der Waals surface area contributed by atoms with Gasteiger partial charge in [-0.15, -0.1) is 0 Å². The van der Waals surface area contributed by atoms with Gasteiger partial charge in [0.25, 0.3) is 0 Å². The maximum absolute atomic E-state index is 12.8. The van der Waals surface area contributed by atoms with Gasteiger partial charge in [-0.25, -0.2) is 0 Å². The molecule has 0 spiro atoms. The Morgan fingerprint density at radius 1 is 1.13 bits per heavy atom. The monoisotopic (exact) mass is 408 g/mol. The molecule has 30 heavy (non-hydrogen) atoms. The Labute approximate surface area is 179 Å². The molecule has 6 nitrogen and oxygen atoms in total. The van der Waals surface area contributed by atoms with Crippen molar-refractivity contribution in [3.8, 4) is 11.1 Å². The third kappa shape index (κ3) is 4.26. The molecule has 1 aromatic heterocycles. The highest BCUT2D eigenvalue weighted by atomic mass is 16.3. The van der Waals surface area contributed by atoms with Crippen LogP contribution in [0.25, 0.3) is 11.1 Å². The summed E-state index contributed by atoms with van der Waals surface area (Å²) in [5.41, 5.74) is 3.48. The standard InChI is InChI=1S/C24H32N4O2/c1-26(2)16-23(30)27-12-3-4-13-28-21(15-27)24(22(28)17-29)19-9-7-18(8-10-19)20-6-5-11-25-14-20/h5-11,14,21-22,24,29H,3-4,12-13,15-17H2,1-2H3/t21-,22-,24-/m1/s1. The topological polar surface area (TPSA) is 59.9 Å². The van der Waals surface area contributed by atoms with Crippen LogP contribution in [0, 0.1) is 0 Å². The van der Waals surface area contributed by atoms with Crippen LogP contribution in [-0.4, -0.2) is 89.7 Å². The van der Waals surface area contributed by atoms with Crippen LogP contribution in [0.15, 0.2) is 48.8 Å². The molecule has 6 heteroatoms. The lowest BCUT2D eigenvalue weighted by molar-refractivity contribution is -0.137. The van der Waals surface area contributed by atoms with E-state index in [1.807, 2.05) is 36.2 Å². The molecule has 0 radical (unpaired) electrons. The number of hydrogen-bond acceptors (Lipinski definition) is 5. The fourth-order valence-electron chi connectivity index (χ4n) is 4.97. The average molecular weight is 409 g/mol. The fourth-order valence-corrected chi connectivity index (χ4v) is 4.97. The van der Waals surface area contributed by atoms with Gasteiger partial charge >= 0.3 is 0 Å². The normalized spacial score (nSPS) is 24.7. The van der Waals surface area contributed by atoms with Gasteiger partial charge in [-0.2, -0.15) is 0 Å². The quantitative estimate of drug-likeness (QED) is 0.821. The van der Waals surface area contributed by atoms with Crippen molar-refractivity contribution < 1.29 is 9.90 Å². The van der Waals surface area contributed by atoms with Gasteiger partial charge in [-0.05, 0) is 56.2 Å². The van der Waals surface area contributed by atoms with E-state index in [1.54, 1.807) is 6.20 Å². The Morgan fingerprint density at radius 3 is 2.57 bits per heavy atom. The van der Waals surface area contributed by atoms with E-state index in [1.165, 1.54) is 5.56 Å². The first-order valence-corrected chi connectivity index (χ1v) is 10.9. The Morgan fingerprint density at radius 2 is 1.90 bits per heavy atom. The van der Waals surface area contributed by atoms with Crippen LogP contribution in [0.5, 0.6) is 0 Å². The first-order chi connectivity index (χ1) is 14.6. The number of fused-ring (bicyclic) bond motifs is 1. The molecule has 3 atom stereocenters. The highest BCUT2D eigenvalue weighted by Crippen LogP contribution is 2.42. The summed E-state index contributed by atoms with van der Waals surface area (Å²) >= 11 is 0. The summed E-state index contributed by atoms with van der Waals surface area (Å²) in [5.74, 6) is 0.436. The zero-order valence-electron chi connectivity index (χ0n) is 17.9. The van der Waals surface area contributed by atoms with Crippen LogP contribution in [0.4, 0.5) is 0 Å². The first kappa shape index (κ1) is 21.0. The second-order valence-electron chi connectivity index (χ2n) is 8.73. The highest BCUT2D eigenvalue weighted by molar-refractivity contribution is 5.78. The molecular formula is C24H32N4O2. The maximum Gasteiger partial charge on any atom is 0.236 e. The van der Waals surface area contributed by atoms with E-state index >= 15 is 0 Å². The number of aliphatic hydroxyl groups excluding tert-OH is 1. The molecule has 160 valence electrons. The van der Waals surface area contributed by atoms with Crippen molar-refractivity contribution in [2.75, 3.05) is 46.9 Å². The first-order valence-electron chi connectivity index (χ1n) is 10.9. The van der Waals surface area contributed by atoms with Gasteiger partial charge in [0, 0.05) is 43.5 Å². The Hall–Kier alpha value is -2.28. The van der Waals surface area contributed by atoms with Crippen molar-refractivity contribution in [3.63, 3.8) is 0 Å². The van der Waals surface area contributed by atoms with E-state index in [-0.39, 0.29) is 30.5 Å². The Balaban J connectivity index is 1.55. The van der Waals surface area contributed by atoms with Crippen LogP contribution in [0.2, 0.25) is 0 Å². The van der Waals surface area contributed by atoms with Crippen LogP contribution in [0.3, 0.4) is 0 Å². The summed E-state index contributed by atoms with van der Waals surface area (Å²) in [6, 6.07) is 13.0. The number of hydrogen-bond donors (Lipinski definition) is 1. The van der Waals surface area contributed by atoms with Crippen LogP contribution in [0.1, 0.15) is 24.3 Å². The number of nitrogens with zero attached hydrogens (tertiary/aromatic N) is 4. The molecule has 1 amide bonds. The van der Waals surface area contributed by atoms with E-state index in [9.17, 15) is 9.90 Å². The molecule has 1 N–H and O–H groups in total. The van der Waals surface area contributed by atoms with E-state index in [4.69, 9.17) is 0 Å². The predicted octanol–water partition coefficient (Wildman–Crippen LogP) is 2.06. The molecule has 2 aliphatic rings. The number of benzene rings is 1. The predicted molar refractivity (Wildman–Crippen MR) is 118 cm³/mol. The maximum atomic E-state index is 12.8. The third-order valence-corrected chi connectivity index (χ3v) is 6.46. The number of aromatic nitrogens is 1. The zero-order valence-corrected chi connectivity index (χ0v) is 17.9. The average Bonchev–Trinajstić information content (AvgIpc) is 2.73. The Kier molecular flexibility index (Phi) is 6.46. The van der Waals surface area contributed by atoms with E-state index in [0.29, 0.717) is 6.54 Å². The second-order valence-corrected chi connectivity index (χ2v) is 8.73. The molecule has 4 rings (SSSR count). The molecule has 2 aliphatic heterocycles. The van der Waals surface area contributed by atoms with Crippen molar-refractivity contribution in [2.45, 2.75) is 30.8 Å². The third-order valence-electron chi connectivity index (χ3n) is 6.46. The number of likely N-dealkylation sites (N-methyl/N-ethyl adjacent to an activating group) is 1. The molecule has 0 saturated carbocycles. The lowest BCUT2D eigenvalue weighted by Crippen LogP contribution is -2.68. The summed E-state index contributed by atoms with van der Waals surface area (Å²) in [5, 5.41) is 10.1. The fraction of sp³-hybridized carbons (Fsp3) is 0.500.